The molecule has 0 amide bonds. The first-order valence-corrected chi connectivity index (χ1v) is 14.0. The topological polar surface area (TPSA) is 79.1 Å². The molecule has 2 aliphatic rings. The van der Waals surface area contributed by atoms with E-state index in [2.05, 4.69) is 61.0 Å². The molecule has 2 N–H and O–H groups in total. The average Bonchev–Trinajstić information content (AvgIpc) is 3.41. The molecule has 4 aromatic rings. The monoisotopic (exact) mass is 526 g/mol. The number of nitrogens with zero attached hydrogens (tertiary/aromatic N) is 4. The predicted octanol–water partition coefficient (Wildman–Crippen LogP) is 6.23. The molecule has 3 atom stereocenters. The fourth-order valence-corrected chi connectivity index (χ4v) is 5.90. The minimum absolute atomic E-state index is 0.223. The zero-order chi connectivity index (χ0) is 26.6. The number of nitrogens with one attached hydrogen (secondary N) is 2. The molecule has 1 aliphatic heterocycles. The molecule has 1 aliphatic carbocycles. The Morgan fingerprint density at radius 3 is 2.38 bits per heavy atom. The maximum Gasteiger partial charge on any atom is 0.247 e. The van der Waals surface area contributed by atoms with Crippen LogP contribution in [-0.2, 0) is 0 Å². The molecule has 39 heavy (non-hydrogen) atoms. The van der Waals surface area contributed by atoms with E-state index < -0.39 is 0 Å². The first-order chi connectivity index (χ1) is 19.1. The van der Waals surface area contributed by atoms with Gasteiger partial charge < -0.3 is 20.0 Å². The summed E-state index contributed by atoms with van der Waals surface area (Å²) in [5.74, 6) is 1.79. The van der Waals surface area contributed by atoms with Crippen LogP contribution in [0.15, 0.2) is 71.3 Å². The summed E-state index contributed by atoms with van der Waals surface area (Å²) in [5, 5.41) is 15.8. The van der Waals surface area contributed by atoms with E-state index in [9.17, 15) is 4.39 Å². The van der Waals surface area contributed by atoms with Crippen molar-refractivity contribution in [2.45, 2.75) is 63.6 Å². The first-order valence-electron chi connectivity index (χ1n) is 14.0. The van der Waals surface area contributed by atoms with Gasteiger partial charge in [-0.05, 0) is 85.3 Å². The molecule has 8 heteroatoms. The Morgan fingerprint density at radius 2 is 1.62 bits per heavy atom. The van der Waals surface area contributed by atoms with Crippen molar-refractivity contribution < 1.29 is 8.81 Å². The number of rotatable bonds is 7. The molecule has 1 unspecified atom stereocenters. The van der Waals surface area contributed by atoms with Gasteiger partial charge in [0.15, 0.2) is 0 Å². The van der Waals surface area contributed by atoms with E-state index in [4.69, 9.17) is 4.42 Å². The van der Waals surface area contributed by atoms with Crippen LogP contribution < -0.4 is 15.5 Å². The van der Waals surface area contributed by atoms with Gasteiger partial charge in [-0.3, -0.25) is 0 Å². The van der Waals surface area contributed by atoms with Crippen LogP contribution in [0.5, 0.6) is 0 Å². The largest absolute Gasteiger partial charge is 0.421 e. The molecule has 0 spiro atoms. The number of aryl methyl sites for hydroxylation is 1. The van der Waals surface area contributed by atoms with E-state index in [0.717, 1.165) is 54.9 Å². The molecule has 2 fully saturated rings. The SMILES string of the molecule is Cc1nnc(-c2ccc(N3CCCC(N[C@@H]4CCCC[C@H]4Nc4cc(-c5ccc(F)cc5)ccn4)C3)cc2)o1. The molecular formula is C31H35FN6O. The normalized spacial score (nSPS) is 21.6. The van der Waals surface area contributed by atoms with Gasteiger partial charge in [-0.1, -0.05) is 25.0 Å². The lowest BCUT2D eigenvalue weighted by Gasteiger charge is -2.40. The van der Waals surface area contributed by atoms with Crippen molar-refractivity contribution >= 4 is 11.5 Å². The molecule has 202 valence electrons. The second-order valence-electron chi connectivity index (χ2n) is 10.7. The summed E-state index contributed by atoms with van der Waals surface area (Å²) in [6.45, 7) is 3.85. The van der Waals surface area contributed by atoms with Gasteiger partial charge >= 0.3 is 0 Å². The lowest BCUT2D eigenvalue weighted by molar-refractivity contribution is 0.293. The van der Waals surface area contributed by atoms with E-state index in [1.165, 1.54) is 37.1 Å². The van der Waals surface area contributed by atoms with Gasteiger partial charge in [0.05, 0.1) is 0 Å². The maximum absolute atomic E-state index is 13.4. The summed E-state index contributed by atoms with van der Waals surface area (Å²) in [6, 6.07) is 20.3. The summed E-state index contributed by atoms with van der Waals surface area (Å²) < 4.78 is 19.0. The molecule has 7 nitrogen and oxygen atoms in total. The van der Waals surface area contributed by atoms with Crippen molar-refractivity contribution in [3.63, 3.8) is 0 Å². The average molecular weight is 527 g/mol. The molecule has 2 aromatic carbocycles. The van der Waals surface area contributed by atoms with Crippen molar-refractivity contribution in [3.05, 3.63) is 78.6 Å². The quantitative estimate of drug-likeness (QED) is 0.296. The highest BCUT2D eigenvalue weighted by Gasteiger charge is 2.29. The van der Waals surface area contributed by atoms with Crippen LogP contribution in [0, 0.1) is 12.7 Å². The number of pyridine rings is 1. The molecular weight excluding hydrogens is 491 g/mol. The molecule has 3 heterocycles. The maximum atomic E-state index is 13.4. The second-order valence-corrected chi connectivity index (χ2v) is 10.7. The van der Waals surface area contributed by atoms with Crippen LogP contribution >= 0.6 is 0 Å². The summed E-state index contributed by atoms with van der Waals surface area (Å²) in [6.07, 6.45) is 8.90. The van der Waals surface area contributed by atoms with E-state index >= 15 is 0 Å². The smallest absolute Gasteiger partial charge is 0.247 e. The van der Waals surface area contributed by atoms with Crippen molar-refractivity contribution in [2.75, 3.05) is 23.3 Å². The number of anilines is 2. The van der Waals surface area contributed by atoms with Gasteiger partial charge in [-0.25, -0.2) is 9.37 Å². The number of piperidine rings is 1. The third-order valence-corrected chi connectivity index (χ3v) is 7.91. The molecule has 0 radical (unpaired) electrons. The van der Waals surface area contributed by atoms with Crippen LogP contribution in [-0.4, -0.2) is 46.4 Å². The highest BCUT2D eigenvalue weighted by atomic mass is 19.1. The highest BCUT2D eigenvalue weighted by Crippen LogP contribution is 2.28. The van der Waals surface area contributed by atoms with Crippen molar-refractivity contribution in [1.82, 2.24) is 20.5 Å². The first kappa shape index (κ1) is 25.5. The zero-order valence-electron chi connectivity index (χ0n) is 22.3. The third-order valence-electron chi connectivity index (χ3n) is 7.91. The minimum atomic E-state index is -0.223. The highest BCUT2D eigenvalue weighted by molar-refractivity contribution is 5.66. The Balaban J connectivity index is 1.10. The van der Waals surface area contributed by atoms with E-state index in [1.807, 2.05) is 24.4 Å². The van der Waals surface area contributed by atoms with Crippen LogP contribution in [0.25, 0.3) is 22.6 Å². The summed E-state index contributed by atoms with van der Waals surface area (Å²) in [4.78, 5) is 7.08. The van der Waals surface area contributed by atoms with Crippen LogP contribution in [0.3, 0.4) is 0 Å². The second kappa shape index (κ2) is 11.5. The Morgan fingerprint density at radius 1 is 0.846 bits per heavy atom. The number of halogens is 1. The third kappa shape index (κ3) is 6.11. The predicted molar refractivity (Wildman–Crippen MR) is 152 cm³/mol. The Kier molecular flexibility index (Phi) is 7.54. The molecule has 0 bridgehead atoms. The van der Waals surface area contributed by atoms with Crippen molar-refractivity contribution in [2.24, 2.45) is 0 Å². The van der Waals surface area contributed by atoms with Gasteiger partial charge in [0, 0.05) is 55.6 Å². The molecule has 2 aromatic heterocycles. The zero-order valence-corrected chi connectivity index (χ0v) is 22.3. The Labute approximate surface area is 228 Å². The van der Waals surface area contributed by atoms with E-state index in [1.54, 1.807) is 6.92 Å². The van der Waals surface area contributed by atoms with Gasteiger partial charge in [0.1, 0.15) is 11.6 Å². The lowest BCUT2D eigenvalue weighted by Crippen LogP contribution is -2.54. The van der Waals surface area contributed by atoms with Crippen LogP contribution in [0.2, 0.25) is 0 Å². The van der Waals surface area contributed by atoms with Crippen molar-refractivity contribution in [3.8, 4) is 22.6 Å². The summed E-state index contributed by atoms with van der Waals surface area (Å²) in [7, 11) is 0. The summed E-state index contributed by atoms with van der Waals surface area (Å²) in [5.41, 5.74) is 4.19. The van der Waals surface area contributed by atoms with E-state index in [-0.39, 0.29) is 5.82 Å². The lowest BCUT2D eigenvalue weighted by atomic mass is 9.89. The number of benzene rings is 2. The molecule has 1 saturated heterocycles. The number of hydrogen-bond donors (Lipinski definition) is 2. The summed E-state index contributed by atoms with van der Waals surface area (Å²) >= 11 is 0. The van der Waals surface area contributed by atoms with Crippen LogP contribution in [0.1, 0.15) is 44.4 Å². The molecule has 1 saturated carbocycles. The van der Waals surface area contributed by atoms with Gasteiger partial charge in [0.2, 0.25) is 11.8 Å². The standard InChI is InChI=1S/C31H35FN6O/c1-21-36-37-31(39-21)23-10-14-27(15-11-23)38-18-4-5-26(20-38)34-28-6-2-3-7-29(28)35-30-19-24(16-17-33-30)22-8-12-25(32)13-9-22/h8-17,19,26,28-29,34H,2-7,18,20H2,1H3,(H,33,35)/t26?,28-,29-/m1/s1. The Bertz CT molecular complexity index is 1370. The Hall–Kier alpha value is -3.78. The van der Waals surface area contributed by atoms with Gasteiger partial charge in [0.25, 0.3) is 0 Å². The van der Waals surface area contributed by atoms with E-state index in [0.29, 0.717) is 29.9 Å². The molecule has 6 rings (SSSR count). The van der Waals surface area contributed by atoms with Gasteiger partial charge in [-0.15, -0.1) is 10.2 Å². The van der Waals surface area contributed by atoms with Crippen molar-refractivity contribution in [1.29, 1.82) is 0 Å². The van der Waals surface area contributed by atoms with Crippen LogP contribution in [0.4, 0.5) is 15.9 Å². The fraction of sp³-hybridized carbons (Fsp3) is 0.387. The fourth-order valence-electron chi connectivity index (χ4n) is 5.90. The van der Waals surface area contributed by atoms with Gasteiger partial charge in [-0.2, -0.15) is 0 Å². The number of aromatic nitrogens is 3. The number of hydrogen-bond acceptors (Lipinski definition) is 7. The minimum Gasteiger partial charge on any atom is -0.421 e.